The van der Waals surface area contributed by atoms with E-state index >= 15 is 0 Å². The summed E-state index contributed by atoms with van der Waals surface area (Å²) in [5.74, 6) is 0.367. The number of amides is 1. The zero-order valence-electron chi connectivity index (χ0n) is 17.9. The van der Waals surface area contributed by atoms with Crippen LogP contribution in [0.3, 0.4) is 0 Å². The number of nitrogens with zero attached hydrogens (tertiary/aromatic N) is 3. The molecule has 168 valence electrons. The standard InChI is InChI=1S/C23H18ClN3O5S/c1-13(28)27(17-6-4-5-15(24)9-17)23-25-16(12-33-23)10-20-22(29)32-21(26-20)14-7-18(30-2)11-19(8-14)31-3/h4-12H,1-3H3/b20-10-. The van der Waals surface area contributed by atoms with Gasteiger partial charge in [-0.05, 0) is 36.4 Å². The molecule has 0 unspecified atom stereocenters. The first-order valence-corrected chi connectivity index (χ1v) is 10.9. The largest absolute Gasteiger partial charge is 0.497 e. The highest BCUT2D eigenvalue weighted by molar-refractivity contribution is 7.14. The van der Waals surface area contributed by atoms with Crippen molar-refractivity contribution < 1.29 is 23.8 Å². The van der Waals surface area contributed by atoms with Crippen LogP contribution in [0.1, 0.15) is 18.2 Å². The Labute approximate surface area is 198 Å². The van der Waals surface area contributed by atoms with Gasteiger partial charge < -0.3 is 14.2 Å². The highest BCUT2D eigenvalue weighted by Gasteiger charge is 2.26. The molecule has 2 aromatic carbocycles. The fourth-order valence-corrected chi connectivity index (χ4v) is 4.12. The molecule has 0 atom stereocenters. The molecule has 2 heterocycles. The van der Waals surface area contributed by atoms with E-state index in [4.69, 9.17) is 25.8 Å². The van der Waals surface area contributed by atoms with E-state index in [0.29, 0.717) is 38.6 Å². The number of methoxy groups -OCH3 is 2. The van der Waals surface area contributed by atoms with Crippen molar-refractivity contribution in [1.82, 2.24) is 4.98 Å². The van der Waals surface area contributed by atoms with Crippen LogP contribution in [0, 0.1) is 0 Å². The molecule has 0 spiro atoms. The lowest BCUT2D eigenvalue weighted by Gasteiger charge is -2.18. The number of aromatic nitrogens is 1. The first-order valence-electron chi connectivity index (χ1n) is 9.65. The monoisotopic (exact) mass is 483 g/mol. The Morgan fingerprint density at radius 1 is 1.15 bits per heavy atom. The Bertz CT molecular complexity index is 1280. The number of hydrogen-bond donors (Lipinski definition) is 0. The van der Waals surface area contributed by atoms with Gasteiger partial charge in [-0.1, -0.05) is 17.7 Å². The molecule has 1 amide bonds. The Balaban J connectivity index is 1.64. The van der Waals surface area contributed by atoms with Crippen molar-refractivity contribution in [3.8, 4) is 11.5 Å². The molecule has 1 aliphatic rings. The number of ether oxygens (including phenoxy) is 3. The van der Waals surface area contributed by atoms with Gasteiger partial charge in [-0.15, -0.1) is 11.3 Å². The quantitative estimate of drug-likeness (QED) is 0.368. The smallest absolute Gasteiger partial charge is 0.363 e. The molecule has 8 nitrogen and oxygen atoms in total. The van der Waals surface area contributed by atoms with Crippen LogP contribution in [0.4, 0.5) is 10.8 Å². The SMILES string of the molecule is COc1cc(OC)cc(C2=N/C(=C\c3csc(N(C(C)=O)c4cccc(Cl)c4)n3)C(=O)O2)c1. The molecule has 0 bridgehead atoms. The number of cyclic esters (lactones) is 1. The second kappa shape index (κ2) is 9.43. The molecule has 1 aromatic heterocycles. The van der Waals surface area contributed by atoms with Gasteiger partial charge in [-0.25, -0.2) is 14.8 Å². The number of carbonyl (C=O) groups excluding carboxylic acids is 2. The number of esters is 1. The van der Waals surface area contributed by atoms with E-state index < -0.39 is 5.97 Å². The Kier molecular flexibility index (Phi) is 6.43. The Morgan fingerprint density at radius 2 is 1.88 bits per heavy atom. The van der Waals surface area contributed by atoms with Crippen LogP contribution in [0.2, 0.25) is 5.02 Å². The molecule has 0 radical (unpaired) electrons. The first kappa shape index (κ1) is 22.5. The van der Waals surface area contributed by atoms with Crippen LogP contribution < -0.4 is 14.4 Å². The van der Waals surface area contributed by atoms with Gasteiger partial charge in [0.25, 0.3) is 0 Å². The van der Waals surface area contributed by atoms with Gasteiger partial charge in [0, 0.05) is 29.0 Å². The summed E-state index contributed by atoms with van der Waals surface area (Å²) >= 11 is 7.32. The van der Waals surface area contributed by atoms with Gasteiger partial charge in [-0.3, -0.25) is 9.69 Å². The van der Waals surface area contributed by atoms with Crippen LogP contribution in [0.15, 0.2) is 58.5 Å². The molecule has 33 heavy (non-hydrogen) atoms. The summed E-state index contributed by atoms with van der Waals surface area (Å²) in [4.78, 5) is 34.9. The zero-order valence-corrected chi connectivity index (χ0v) is 19.4. The van der Waals surface area contributed by atoms with Crippen molar-refractivity contribution >= 4 is 57.6 Å². The Hall–Kier alpha value is -3.69. The van der Waals surface area contributed by atoms with Crippen LogP contribution >= 0.6 is 22.9 Å². The summed E-state index contributed by atoms with van der Waals surface area (Å²) in [7, 11) is 3.06. The lowest BCUT2D eigenvalue weighted by Crippen LogP contribution is -2.22. The number of hydrogen-bond acceptors (Lipinski definition) is 8. The molecule has 10 heteroatoms. The van der Waals surface area contributed by atoms with E-state index in [-0.39, 0.29) is 17.5 Å². The fraction of sp³-hybridized carbons (Fsp3) is 0.130. The summed E-state index contributed by atoms with van der Waals surface area (Å²) in [6, 6.07) is 12.0. The van der Waals surface area contributed by atoms with Gasteiger partial charge in [0.15, 0.2) is 10.8 Å². The number of anilines is 2. The molecular formula is C23H18ClN3O5S. The molecule has 0 aliphatic carbocycles. The van der Waals surface area contributed by atoms with Crippen LogP contribution in [0.25, 0.3) is 6.08 Å². The van der Waals surface area contributed by atoms with Gasteiger partial charge in [0.2, 0.25) is 11.8 Å². The van der Waals surface area contributed by atoms with Crippen LogP contribution in [0.5, 0.6) is 11.5 Å². The summed E-state index contributed by atoms with van der Waals surface area (Å²) in [6.45, 7) is 1.44. The van der Waals surface area contributed by atoms with E-state index in [1.807, 2.05) is 0 Å². The number of halogens is 1. The molecule has 0 fully saturated rings. The van der Waals surface area contributed by atoms with E-state index in [1.54, 1.807) is 47.8 Å². The first-order chi connectivity index (χ1) is 15.9. The average molecular weight is 484 g/mol. The highest BCUT2D eigenvalue weighted by atomic mass is 35.5. The molecule has 1 aliphatic heterocycles. The van der Waals surface area contributed by atoms with Gasteiger partial charge in [-0.2, -0.15) is 0 Å². The summed E-state index contributed by atoms with van der Waals surface area (Å²) in [5, 5.41) is 2.66. The zero-order chi connectivity index (χ0) is 23.5. The van der Waals surface area contributed by atoms with Gasteiger partial charge in [0.05, 0.1) is 25.6 Å². The maximum atomic E-state index is 12.4. The third kappa shape index (κ3) is 4.89. The third-order valence-electron chi connectivity index (χ3n) is 4.59. The second-order valence-corrected chi connectivity index (χ2v) is 8.10. The van der Waals surface area contributed by atoms with Crippen molar-refractivity contribution in [2.45, 2.75) is 6.92 Å². The minimum atomic E-state index is -0.611. The lowest BCUT2D eigenvalue weighted by atomic mass is 10.2. The van der Waals surface area contributed by atoms with E-state index in [1.165, 1.54) is 43.5 Å². The summed E-state index contributed by atoms with van der Waals surface area (Å²) in [5.41, 5.74) is 1.67. The summed E-state index contributed by atoms with van der Waals surface area (Å²) in [6.07, 6.45) is 1.50. The normalized spacial score (nSPS) is 14.1. The number of thiazole rings is 1. The van der Waals surface area contributed by atoms with E-state index in [2.05, 4.69) is 9.98 Å². The van der Waals surface area contributed by atoms with Crippen molar-refractivity contribution in [1.29, 1.82) is 0 Å². The Morgan fingerprint density at radius 3 is 2.52 bits per heavy atom. The molecule has 0 N–H and O–H groups in total. The topological polar surface area (TPSA) is 90.3 Å². The van der Waals surface area contributed by atoms with E-state index in [0.717, 1.165) is 0 Å². The fourth-order valence-electron chi connectivity index (χ4n) is 3.09. The lowest BCUT2D eigenvalue weighted by molar-refractivity contribution is -0.130. The third-order valence-corrected chi connectivity index (χ3v) is 5.67. The molecule has 3 aromatic rings. The van der Waals surface area contributed by atoms with Crippen molar-refractivity contribution in [3.05, 3.63) is 69.8 Å². The minimum absolute atomic E-state index is 0.0840. The minimum Gasteiger partial charge on any atom is -0.497 e. The molecular weight excluding hydrogens is 466 g/mol. The van der Waals surface area contributed by atoms with Crippen LogP contribution in [-0.2, 0) is 14.3 Å². The molecule has 4 rings (SSSR count). The van der Waals surface area contributed by atoms with Crippen molar-refractivity contribution in [3.63, 3.8) is 0 Å². The van der Waals surface area contributed by atoms with Gasteiger partial charge in [0.1, 0.15) is 11.5 Å². The number of carbonyl (C=O) groups is 2. The van der Waals surface area contributed by atoms with Gasteiger partial charge >= 0.3 is 5.97 Å². The second-order valence-electron chi connectivity index (χ2n) is 6.83. The predicted octanol–water partition coefficient (Wildman–Crippen LogP) is 4.84. The van der Waals surface area contributed by atoms with Crippen LogP contribution in [-0.4, -0.2) is 37.0 Å². The maximum Gasteiger partial charge on any atom is 0.363 e. The van der Waals surface area contributed by atoms with E-state index in [9.17, 15) is 9.59 Å². The maximum absolute atomic E-state index is 12.4. The summed E-state index contributed by atoms with van der Waals surface area (Å²) < 4.78 is 15.8. The number of aliphatic imine (C=N–C) groups is 1. The van der Waals surface area contributed by atoms with Crippen molar-refractivity contribution in [2.75, 3.05) is 19.1 Å². The average Bonchev–Trinajstić information content (AvgIpc) is 3.40. The molecule has 0 saturated heterocycles. The van der Waals surface area contributed by atoms with Crippen molar-refractivity contribution in [2.24, 2.45) is 4.99 Å². The highest BCUT2D eigenvalue weighted by Crippen LogP contribution is 2.32. The molecule has 0 saturated carbocycles. The number of benzene rings is 2. The number of rotatable bonds is 6. The predicted molar refractivity (Wildman–Crippen MR) is 127 cm³/mol.